The van der Waals surface area contributed by atoms with Crippen molar-refractivity contribution in [3.63, 3.8) is 0 Å². The molecule has 4 heterocycles. The Hall–Kier alpha value is -5.48. The highest BCUT2D eigenvalue weighted by molar-refractivity contribution is 6.24. The van der Waals surface area contributed by atoms with Crippen LogP contribution in [-0.2, 0) is 0 Å². The Morgan fingerprint density at radius 2 is 1.20 bits per heavy atom. The molecule has 0 amide bonds. The SMILES string of the molecule is c1ccc2c(c1)ccc1c2c2ccccc2n1-c1ccc2c(c1)c1cccc3c4nc5ccccc5nc4n2c13. The van der Waals surface area contributed by atoms with Crippen molar-refractivity contribution in [1.29, 1.82) is 0 Å². The molecule has 0 bridgehead atoms. The first-order valence-electron chi connectivity index (χ1n) is 13.6. The summed E-state index contributed by atoms with van der Waals surface area (Å²) in [4.78, 5) is 10.1. The molecule has 4 aromatic heterocycles. The van der Waals surface area contributed by atoms with Crippen LogP contribution in [0.25, 0.3) is 87.7 Å². The summed E-state index contributed by atoms with van der Waals surface area (Å²) in [6.07, 6.45) is 0. The molecule has 0 spiro atoms. The standard InChI is InChI=1S/C36H20N4/c1-2-9-23-21(8-1)16-18-32-33(23)25-10-3-6-15-30(25)39(32)22-17-19-31-27(20-22)24-11-7-12-26-34-36(40(31)35(24)26)38-29-14-5-4-13-28(29)37-34/h1-20H. The van der Waals surface area contributed by atoms with E-state index >= 15 is 0 Å². The monoisotopic (exact) mass is 508 g/mol. The average molecular weight is 509 g/mol. The summed E-state index contributed by atoms with van der Waals surface area (Å²) in [7, 11) is 0. The summed E-state index contributed by atoms with van der Waals surface area (Å²) in [5, 5.41) is 8.72. The largest absolute Gasteiger partial charge is 0.309 e. The first-order chi connectivity index (χ1) is 19.8. The van der Waals surface area contributed by atoms with Crippen molar-refractivity contribution >= 4 is 82.0 Å². The van der Waals surface area contributed by atoms with Gasteiger partial charge in [0.05, 0.1) is 33.1 Å². The molecule has 0 unspecified atom stereocenters. The number of hydrogen-bond acceptors (Lipinski definition) is 2. The molecule has 0 aliphatic heterocycles. The fourth-order valence-electron chi connectivity index (χ4n) is 6.95. The molecule has 10 rings (SSSR count). The second-order valence-electron chi connectivity index (χ2n) is 10.7. The smallest absolute Gasteiger partial charge is 0.165 e. The molecule has 0 saturated carbocycles. The number of nitrogens with zero attached hydrogens (tertiary/aromatic N) is 4. The highest BCUT2D eigenvalue weighted by Gasteiger charge is 2.21. The minimum atomic E-state index is 0.913. The van der Waals surface area contributed by atoms with Gasteiger partial charge in [0, 0.05) is 32.6 Å². The van der Waals surface area contributed by atoms with E-state index in [9.17, 15) is 0 Å². The van der Waals surface area contributed by atoms with Crippen molar-refractivity contribution in [3.8, 4) is 5.69 Å². The van der Waals surface area contributed by atoms with Crippen LogP contribution in [0.15, 0.2) is 121 Å². The van der Waals surface area contributed by atoms with Gasteiger partial charge >= 0.3 is 0 Å². The van der Waals surface area contributed by atoms with E-state index in [1.54, 1.807) is 0 Å². The van der Waals surface area contributed by atoms with Crippen molar-refractivity contribution in [3.05, 3.63) is 121 Å². The van der Waals surface area contributed by atoms with Gasteiger partial charge in [-0.05, 0) is 53.2 Å². The molecule has 4 nitrogen and oxygen atoms in total. The van der Waals surface area contributed by atoms with Crippen LogP contribution in [0.1, 0.15) is 0 Å². The zero-order valence-corrected chi connectivity index (χ0v) is 21.3. The van der Waals surface area contributed by atoms with Crippen LogP contribution in [0.4, 0.5) is 0 Å². The van der Waals surface area contributed by atoms with Crippen LogP contribution in [0.2, 0.25) is 0 Å². The van der Waals surface area contributed by atoms with Gasteiger partial charge in [0.2, 0.25) is 0 Å². The van der Waals surface area contributed by atoms with Crippen molar-refractivity contribution < 1.29 is 0 Å². The Labute approximate surface area is 227 Å². The number of para-hydroxylation sites is 4. The second-order valence-corrected chi connectivity index (χ2v) is 10.7. The summed E-state index contributed by atoms with van der Waals surface area (Å²) in [6.45, 7) is 0. The minimum Gasteiger partial charge on any atom is -0.309 e. The third-order valence-corrected chi connectivity index (χ3v) is 8.61. The lowest BCUT2D eigenvalue weighted by Gasteiger charge is -2.09. The Morgan fingerprint density at radius 1 is 0.475 bits per heavy atom. The summed E-state index contributed by atoms with van der Waals surface area (Å²) in [6, 6.07) is 43.5. The van der Waals surface area contributed by atoms with Crippen LogP contribution in [-0.4, -0.2) is 18.9 Å². The normalized spacial score (nSPS) is 12.5. The molecule has 0 fully saturated rings. The van der Waals surface area contributed by atoms with Crippen molar-refractivity contribution in [2.24, 2.45) is 0 Å². The number of rotatable bonds is 1. The fourth-order valence-corrected chi connectivity index (χ4v) is 6.95. The minimum absolute atomic E-state index is 0.913. The zero-order valence-electron chi connectivity index (χ0n) is 21.3. The molecule has 0 saturated heterocycles. The van der Waals surface area contributed by atoms with Gasteiger partial charge in [-0.3, -0.25) is 4.40 Å². The highest BCUT2D eigenvalue weighted by atomic mass is 15.0. The number of aromatic nitrogens is 4. The third-order valence-electron chi connectivity index (χ3n) is 8.61. The van der Waals surface area contributed by atoms with Gasteiger partial charge in [0.25, 0.3) is 0 Å². The van der Waals surface area contributed by atoms with Crippen molar-refractivity contribution in [2.45, 2.75) is 0 Å². The van der Waals surface area contributed by atoms with E-state index in [4.69, 9.17) is 9.97 Å². The van der Waals surface area contributed by atoms with E-state index in [1.165, 1.54) is 48.9 Å². The molecule has 4 heteroatoms. The highest BCUT2D eigenvalue weighted by Crippen LogP contribution is 2.41. The number of fused-ring (bicyclic) bond motifs is 12. The Bertz CT molecular complexity index is 2660. The predicted octanol–water partition coefficient (Wildman–Crippen LogP) is 9.03. The summed E-state index contributed by atoms with van der Waals surface area (Å²) < 4.78 is 4.72. The molecule has 0 aliphatic carbocycles. The molecule has 0 radical (unpaired) electrons. The molecule has 0 N–H and O–H groups in total. The predicted molar refractivity (Wildman–Crippen MR) is 166 cm³/mol. The Morgan fingerprint density at radius 3 is 2.12 bits per heavy atom. The zero-order chi connectivity index (χ0) is 25.9. The summed E-state index contributed by atoms with van der Waals surface area (Å²) in [5.74, 6) is 0. The van der Waals surface area contributed by atoms with Crippen LogP contribution in [0.5, 0.6) is 0 Å². The maximum Gasteiger partial charge on any atom is 0.165 e. The first kappa shape index (κ1) is 20.5. The van der Waals surface area contributed by atoms with E-state index in [0.29, 0.717) is 0 Å². The van der Waals surface area contributed by atoms with Crippen molar-refractivity contribution in [1.82, 2.24) is 18.9 Å². The lowest BCUT2D eigenvalue weighted by molar-refractivity contribution is 1.18. The number of hydrogen-bond donors (Lipinski definition) is 0. The number of benzene rings is 6. The molecular weight excluding hydrogens is 488 g/mol. The Kier molecular flexibility index (Phi) is 3.65. The molecule has 184 valence electrons. The fraction of sp³-hybridized carbons (Fsp3) is 0. The molecule has 10 aromatic rings. The van der Waals surface area contributed by atoms with E-state index in [2.05, 4.69) is 106 Å². The van der Waals surface area contributed by atoms with Gasteiger partial charge in [0.15, 0.2) is 5.65 Å². The summed E-state index contributed by atoms with van der Waals surface area (Å²) >= 11 is 0. The van der Waals surface area contributed by atoms with Gasteiger partial charge < -0.3 is 4.57 Å². The van der Waals surface area contributed by atoms with Crippen LogP contribution < -0.4 is 0 Å². The lowest BCUT2D eigenvalue weighted by Crippen LogP contribution is -1.94. The average Bonchev–Trinajstić information content (AvgIpc) is 3.64. The summed E-state index contributed by atoms with van der Waals surface area (Å²) in [5.41, 5.74) is 9.65. The van der Waals surface area contributed by atoms with E-state index < -0.39 is 0 Å². The van der Waals surface area contributed by atoms with Gasteiger partial charge in [-0.25, -0.2) is 9.97 Å². The van der Waals surface area contributed by atoms with Gasteiger partial charge in [-0.1, -0.05) is 78.9 Å². The van der Waals surface area contributed by atoms with E-state index in [0.717, 1.165) is 38.8 Å². The topological polar surface area (TPSA) is 35.1 Å². The maximum absolute atomic E-state index is 5.10. The van der Waals surface area contributed by atoms with E-state index in [-0.39, 0.29) is 0 Å². The van der Waals surface area contributed by atoms with Gasteiger partial charge in [-0.2, -0.15) is 0 Å². The lowest BCUT2D eigenvalue weighted by atomic mass is 10.0. The Balaban J connectivity index is 1.34. The van der Waals surface area contributed by atoms with Crippen LogP contribution >= 0.6 is 0 Å². The quantitative estimate of drug-likeness (QED) is 0.222. The molecular formula is C36H20N4. The van der Waals surface area contributed by atoms with Crippen molar-refractivity contribution in [2.75, 3.05) is 0 Å². The first-order valence-corrected chi connectivity index (χ1v) is 13.6. The van der Waals surface area contributed by atoms with Crippen LogP contribution in [0, 0.1) is 0 Å². The molecule has 0 aliphatic rings. The molecule has 6 aromatic carbocycles. The van der Waals surface area contributed by atoms with Gasteiger partial charge in [-0.15, -0.1) is 0 Å². The maximum atomic E-state index is 5.10. The van der Waals surface area contributed by atoms with Crippen LogP contribution in [0.3, 0.4) is 0 Å². The van der Waals surface area contributed by atoms with E-state index in [1.807, 2.05) is 24.3 Å². The van der Waals surface area contributed by atoms with Gasteiger partial charge in [0.1, 0.15) is 5.52 Å². The third kappa shape index (κ3) is 2.42. The molecule has 40 heavy (non-hydrogen) atoms. The molecule has 0 atom stereocenters. The second kappa shape index (κ2) is 7.13.